The second-order valence-electron chi connectivity index (χ2n) is 7.63. The first-order valence-corrected chi connectivity index (χ1v) is 11.1. The molecular formula is C26H18F4N2OS. The minimum atomic E-state index is -4.63. The van der Waals surface area contributed by atoms with Crippen LogP contribution in [0.2, 0.25) is 0 Å². The number of ether oxygens (including phenoxy) is 1. The summed E-state index contributed by atoms with van der Waals surface area (Å²) in [5.41, 5.74) is 4.44. The quantitative estimate of drug-likeness (QED) is 0.268. The third-order valence-electron chi connectivity index (χ3n) is 5.40. The van der Waals surface area contributed by atoms with Crippen molar-refractivity contribution in [3.63, 3.8) is 0 Å². The smallest absolute Gasteiger partial charge is 0.363 e. The molecule has 0 radical (unpaired) electrons. The molecule has 0 aliphatic carbocycles. The van der Waals surface area contributed by atoms with Crippen LogP contribution in [-0.2, 0) is 17.5 Å². The highest BCUT2D eigenvalue weighted by Gasteiger charge is 2.31. The van der Waals surface area contributed by atoms with Crippen LogP contribution in [0.1, 0.15) is 38.8 Å². The van der Waals surface area contributed by atoms with E-state index in [4.69, 9.17) is 4.74 Å². The first-order chi connectivity index (χ1) is 16.3. The molecule has 1 unspecified atom stereocenters. The number of hydrogen-bond donors (Lipinski definition) is 0. The normalized spacial score (nSPS) is 12.4. The minimum absolute atomic E-state index is 0.00953. The van der Waals surface area contributed by atoms with E-state index in [1.807, 2.05) is 37.3 Å². The van der Waals surface area contributed by atoms with Crippen molar-refractivity contribution < 1.29 is 22.3 Å². The average Bonchev–Trinajstić information content (AvgIpc) is 3.34. The summed E-state index contributed by atoms with van der Waals surface area (Å²) in [4.78, 5) is 4.84. The number of alkyl halides is 3. The Labute approximate surface area is 197 Å². The summed E-state index contributed by atoms with van der Waals surface area (Å²) in [6.45, 7) is 1.71. The van der Waals surface area contributed by atoms with E-state index in [1.165, 1.54) is 11.3 Å². The van der Waals surface area contributed by atoms with Crippen LogP contribution in [-0.4, -0.2) is 4.98 Å². The van der Waals surface area contributed by atoms with E-state index in [-0.39, 0.29) is 12.2 Å². The molecule has 0 saturated heterocycles. The zero-order valence-corrected chi connectivity index (χ0v) is 18.8. The maximum Gasteiger partial charge on any atom is 0.416 e. The molecule has 0 aliphatic rings. The van der Waals surface area contributed by atoms with Crippen molar-refractivity contribution in [2.24, 2.45) is 0 Å². The number of nitrogens with zero attached hydrogens (tertiary/aromatic N) is 2. The highest BCUT2D eigenvalue weighted by atomic mass is 32.1. The Morgan fingerprint density at radius 3 is 2.50 bits per heavy atom. The second-order valence-corrected chi connectivity index (χ2v) is 8.55. The SMILES string of the molecule is Cc1ccccc1-c1cc(C(OCc2ccc(C(F)(F)F)cc2F)c2cncs2)ccc1C#N. The number of benzene rings is 3. The summed E-state index contributed by atoms with van der Waals surface area (Å²) in [7, 11) is 0. The molecule has 3 nitrogen and oxygen atoms in total. The van der Waals surface area contributed by atoms with Gasteiger partial charge in [0, 0.05) is 17.3 Å². The van der Waals surface area contributed by atoms with Crippen molar-refractivity contribution in [2.45, 2.75) is 25.8 Å². The second kappa shape index (κ2) is 9.75. The summed E-state index contributed by atoms with van der Waals surface area (Å²) in [5, 5.41) is 9.64. The maximum atomic E-state index is 14.4. The van der Waals surface area contributed by atoms with E-state index in [0.29, 0.717) is 17.2 Å². The molecule has 0 N–H and O–H groups in total. The van der Waals surface area contributed by atoms with Crippen LogP contribution in [0.25, 0.3) is 11.1 Å². The zero-order valence-electron chi connectivity index (χ0n) is 17.9. The van der Waals surface area contributed by atoms with Gasteiger partial charge in [-0.25, -0.2) is 4.39 Å². The van der Waals surface area contributed by atoms with Crippen molar-refractivity contribution in [2.75, 3.05) is 0 Å². The van der Waals surface area contributed by atoms with Gasteiger partial charge in [-0.1, -0.05) is 36.4 Å². The number of halogens is 4. The standard InChI is InChI=1S/C26H18F4N2OS/c1-16-4-2-3-5-21(16)22-10-17(6-7-18(22)12-31)25(24-13-32-15-34-24)33-14-19-8-9-20(11-23(19)27)26(28,29)30/h2-11,13,15,25H,14H2,1H3. The zero-order chi connectivity index (χ0) is 24.3. The number of aromatic nitrogens is 1. The van der Waals surface area contributed by atoms with Gasteiger partial charge in [0.2, 0.25) is 0 Å². The Hall–Kier alpha value is -3.54. The third-order valence-corrected chi connectivity index (χ3v) is 6.22. The minimum Gasteiger partial charge on any atom is -0.363 e. The van der Waals surface area contributed by atoms with Crippen LogP contribution in [0.3, 0.4) is 0 Å². The van der Waals surface area contributed by atoms with Crippen molar-refractivity contribution in [1.29, 1.82) is 5.26 Å². The monoisotopic (exact) mass is 482 g/mol. The van der Waals surface area contributed by atoms with Crippen molar-refractivity contribution >= 4 is 11.3 Å². The van der Waals surface area contributed by atoms with E-state index in [1.54, 1.807) is 23.8 Å². The molecule has 1 atom stereocenters. The molecule has 0 spiro atoms. The summed E-state index contributed by atoms with van der Waals surface area (Å²) < 4.78 is 59.0. The van der Waals surface area contributed by atoms with Crippen molar-refractivity contribution in [3.05, 3.63) is 111 Å². The lowest BCUT2D eigenvalue weighted by atomic mass is 9.93. The van der Waals surface area contributed by atoms with E-state index < -0.39 is 23.7 Å². The Morgan fingerprint density at radius 2 is 1.85 bits per heavy atom. The van der Waals surface area contributed by atoms with Crippen LogP contribution in [0.5, 0.6) is 0 Å². The van der Waals surface area contributed by atoms with Gasteiger partial charge in [-0.05, 0) is 47.9 Å². The van der Waals surface area contributed by atoms with Crippen molar-refractivity contribution in [3.8, 4) is 17.2 Å². The van der Waals surface area contributed by atoms with Gasteiger partial charge in [-0.15, -0.1) is 11.3 Å². The van der Waals surface area contributed by atoms with Gasteiger partial charge in [0.1, 0.15) is 11.9 Å². The van der Waals surface area contributed by atoms with Gasteiger partial charge < -0.3 is 4.74 Å². The van der Waals surface area contributed by atoms with Gasteiger partial charge in [0.25, 0.3) is 0 Å². The molecule has 4 aromatic rings. The maximum absolute atomic E-state index is 14.4. The fourth-order valence-corrected chi connectivity index (χ4v) is 4.32. The summed E-state index contributed by atoms with van der Waals surface area (Å²) in [6, 6.07) is 17.6. The van der Waals surface area contributed by atoms with E-state index in [0.717, 1.165) is 33.7 Å². The lowest BCUT2D eigenvalue weighted by Crippen LogP contribution is -2.09. The Kier molecular flexibility index (Phi) is 6.77. The van der Waals surface area contributed by atoms with Gasteiger partial charge in [-0.2, -0.15) is 18.4 Å². The number of hydrogen-bond acceptors (Lipinski definition) is 4. The first-order valence-electron chi connectivity index (χ1n) is 10.2. The number of rotatable bonds is 6. The highest BCUT2D eigenvalue weighted by Crippen LogP contribution is 2.35. The molecule has 0 amide bonds. The van der Waals surface area contributed by atoms with Gasteiger partial charge in [0.05, 0.1) is 34.2 Å². The molecule has 0 saturated carbocycles. The molecule has 3 aromatic carbocycles. The van der Waals surface area contributed by atoms with Crippen LogP contribution < -0.4 is 0 Å². The summed E-state index contributed by atoms with van der Waals surface area (Å²) >= 11 is 1.34. The topological polar surface area (TPSA) is 45.9 Å². The predicted octanol–water partition coefficient (Wildman–Crippen LogP) is 7.45. The first kappa shape index (κ1) is 23.6. The van der Waals surface area contributed by atoms with E-state index in [9.17, 15) is 22.8 Å². The Morgan fingerprint density at radius 1 is 1.06 bits per heavy atom. The molecule has 8 heteroatoms. The highest BCUT2D eigenvalue weighted by molar-refractivity contribution is 7.09. The fraction of sp³-hybridized carbons (Fsp3) is 0.154. The van der Waals surface area contributed by atoms with Gasteiger partial charge in [0.15, 0.2) is 0 Å². The summed E-state index contributed by atoms with van der Waals surface area (Å²) in [6.07, 6.45) is -3.64. The molecule has 0 fully saturated rings. The molecule has 0 aliphatic heterocycles. The molecule has 1 aromatic heterocycles. The molecule has 172 valence electrons. The molecule has 4 rings (SSSR count). The lowest BCUT2D eigenvalue weighted by molar-refractivity contribution is -0.137. The number of thiazole rings is 1. The van der Waals surface area contributed by atoms with Gasteiger partial charge in [-0.3, -0.25) is 4.98 Å². The molecular weight excluding hydrogens is 464 g/mol. The number of nitriles is 1. The molecule has 0 bridgehead atoms. The Bertz CT molecular complexity index is 1340. The lowest BCUT2D eigenvalue weighted by Gasteiger charge is -2.19. The van der Waals surface area contributed by atoms with E-state index >= 15 is 0 Å². The van der Waals surface area contributed by atoms with Crippen LogP contribution in [0, 0.1) is 24.1 Å². The fourth-order valence-electron chi connectivity index (χ4n) is 3.63. The number of aryl methyl sites for hydroxylation is 1. The average molecular weight is 483 g/mol. The van der Waals surface area contributed by atoms with Gasteiger partial charge >= 0.3 is 6.18 Å². The predicted molar refractivity (Wildman–Crippen MR) is 121 cm³/mol. The molecule has 34 heavy (non-hydrogen) atoms. The van der Waals surface area contributed by atoms with Crippen LogP contribution >= 0.6 is 11.3 Å². The third kappa shape index (κ3) is 5.01. The van der Waals surface area contributed by atoms with E-state index in [2.05, 4.69) is 11.1 Å². The largest absolute Gasteiger partial charge is 0.416 e. The van der Waals surface area contributed by atoms with Crippen LogP contribution in [0.4, 0.5) is 17.6 Å². The Balaban J connectivity index is 1.69. The summed E-state index contributed by atoms with van der Waals surface area (Å²) in [5.74, 6) is -0.988. The van der Waals surface area contributed by atoms with Crippen LogP contribution in [0.15, 0.2) is 72.4 Å². The van der Waals surface area contributed by atoms with Crippen molar-refractivity contribution in [1.82, 2.24) is 4.98 Å². The molecule has 1 heterocycles.